The van der Waals surface area contributed by atoms with Crippen LogP contribution >= 0.6 is 7.14 Å². The van der Waals surface area contributed by atoms with Gasteiger partial charge in [0.15, 0.2) is 0 Å². The molecule has 4 aromatic rings. The first-order valence-electron chi connectivity index (χ1n) is 14.1. The number of aromatic nitrogens is 3. The van der Waals surface area contributed by atoms with Crippen LogP contribution in [0.3, 0.4) is 0 Å². The fourth-order valence-electron chi connectivity index (χ4n) is 5.97. The van der Waals surface area contributed by atoms with Gasteiger partial charge in [0.1, 0.15) is 24.4 Å². The van der Waals surface area contributed by atoms with E-state index in [2.05, 4.69) is 37.6 Å². The van der Waals surface area contributed by atoms with Crippen molar-refractivity contribution in [3.63, 3.8) is 0 Å². The lowest BCUT2D eigenvalue weighted by Gasteiger charge is -2.38. The van der Waals surface area contributed by atoms with Gasteiger partial charge in [-0.2, -0.15) is 9.97 Å². The molecule has 0 saturated carbocycles. The second-order valence-electron chi connectivity index (χ2n) is 11.1. The van der Waals surface area contributed by atoms with Crippen LogP contribution in [-0.4, -0.2) is 72.5 Å². The standard InChI is InChI=1S/C30H38N7O2P/c1-39-26-20-22(37-18-13-21(14-19-37)36-16-6-7-17-36)10-11-24(26)33-30-34-28-23(12-15-31-28)29(35-30)32-25-8-4-5-9-27(25)40(2,3)38/h4-5,8-12,15,20-21H,6-7,13-14,16-19H2,1-3H3,(H3,31,32,33,34,35). The molecule has 0 amide bonds. The first kappa shape index (κ1) is 26.7. The Hall–Kier alpha value is -3.55. The minimum Gasteiger partial charge on any atom is -0.494 e. The molecule has 210 valence electrons. The fraction of sp³-hybridized carbons (Fsp3) is 0.400. The van der Waals surface area contributed by atoms with Crippen molar-refractivity contribution in [1.29, 1.82) is 0 Å². The highest BCUT2D eigenvalue weighted by molar-refractivity contribution is 7.70. The number of benzene rings is 2. The number of para-hydroxylation sites is 1. The largest absolute Gasteiger partial charge is 0.494 e. The summed E-state index contributed by atoms with van der Waals surface area (Å²) in [7, 11) is -0.803. The lowest BCUT2D eigenvalue weighted by molar-refractivity contribution is 0.208. The molecular formula is C30H38N7O2P. The fourth-order valence-corrected chi connectivity index (χ4v) is 7.12. The van der Waals surface area contributed by atoms with Gasteiger partial charge in [-0.3, -0.25) is 0 Å². The van der Waals surface area contributed by atoms with Gasteiger partial charge in [0, 0.05) is 42.4 Å². The third kappa shape index (κ3) is 5.54. The van der Waals surface area contributed by atoms with Crippen molar-refractivity contribution in [3.8, 4) is 5.75 Å². The summed E-state index contributed by atoms with van der Waals surface area (Å²) >= 11 is 0. The zero-order valence-electron chi connectivity index (χ0n) is 23.5. The normalized spacial score (nSPS) is 16.9. The van der Waals surface area contributed by atoms with Gasteiger partial charge in [-0.1, -0.05) is 12.1 Å². The highest BCUT2D eigenvalue weighted by Crippen LogP contribution is 2.39. The van der Waals surface area contributed by atoms with Crippen molar-refractivity contribution in [2.45, 2.75) is 31.7 Å². The minimum absolute atomic E-state index is 0.434. The van der Waals surface area contributed by atoms with E-state index in [1.807, 2.05) is 42.6 Å². The van der Waals surface area contributed by atoms with E-state index >= 15 is 0 Å². The molecule has 0 unspecified atom stereocenters. The van der Waals surface area contributed by atoms with Gasteiger partial charge in [-0.05, 0) is 82.4 Å². The van der Waals surface area contributed by atoms with Crippen LogP contribution in [0.25, 0.3) is 11.0 Å². The average Bonchev–Trinajstić information content (AvgIpc) is 3.66. The molecule has 3 N–H and O–H groups in total. The summed E-state index contributed by atoms with van der Waals surface area (Å²) in [5.41, 5.74) is 3.44. The number of piperidine rings is 1. The Balaban J connectivity index is 1.23. The average molecular weight is 560 g/mol. The van der Waals surface area contributed by atoms with E-state index in [1.165, 1.54) is 44.5 Å². The number of hydrogen-bond donors (Lipinski definition) is 3. The van der Waals surface area contributed by atoms with Crippen molar-refractivity contribution < 1.29 is 9.30 Å². The molecule has 6 rings (SSSR count). The minimum atomic E-state index is -2.49. The van der Waals surface area contributed by atoms with Crippen LogP contribution in [0.15, 0.2) is 54.7 Å². The quantitative estimate of drug-likeness (QED) is 0.234. The van der Waals surface area contributed by atoms with Crippen LogP contribution in [0.5, 0.6) is 5.75 Å². The van der Waals surface area contributed by atoms with Gasteiger partial charge in [-0.15, -0.1) is 0 Å². The SMILES string of the molecule is COc1cc(N2CCC(N3CCCC3)CC2)ccc1Nc1nc(Nc2ccccc2P(C)(C)=O)c2cc[nH]c2n1. The number of hydrogen-bond acceptors (Lipinski definition) is 8. The van der Waals surface area contributed by atoms with Crippen molar-refractivity contribution in [2.75, 3.05) is 62.2 Å². The summed E-state index contributed by atoms with van der Waals surface area (Å²) in [5, 5.41) is 8.41. The molecule has 9 nitrogen and oxygen atoms in total. The van der Waals surface area contributed by atoms with Crippen LogP contribution in [-0.2, 0) is 4.57 Å². The molecule has 0 bridgehead atoms. The maximum atomic E-state index is 12.9. The molecule has 4 heterocycles. The number of methoxy groups -OCH3 is 1. The third-order valence-corrected chi connectivity index (χ3v) is 9.62. The second kappa shape index (κ2) is 11.1. The van der Waals surface area contributed by atoms with Gasteiger partial charge < -0.3 is 34.7 Å². The first-order valence-corrected chi connectivity index (χ1v) is 16.7. The third-order valence-electron chi connectivity index (χ3n) is 8.07. The number of nitrogens with one attached hydrogen (secondary N) is 3. The van der Waals surface area contributed by atoms with Crippen LogP contribution in [0.4, 0.5) is 28.8 Å². The van der Waals surface area contributed by atoms with Crippen molar-refractivity contribution in [1.82, 2.24) is 19.9 Å². The van der Waals surface area contributed by atoms with Gasteiger partial charge in [0.05, 0.1) is 23.9 Å². The number of nitrogens with zero attached hydrogens (tertiary/aromatic N) is 4. The number of fused-ring (bicyclic) bond motifs is 1. The summed E-state index contributed by atoms with van der Waals surface area (Å²) in [6.45, 7) is 8.19. The number of aromatic amines is 1. The molecule has 0 spiro atoms. The molecule has 10 heteroatoms. The van der Waals surface area contributed by atoms with Crippen LogP contribution < -0.4 is 25.6 Å². The highest BCUT2D eigenvalue weighted by Gasteiger charge is 2.27. The van der Waals surface area contributed by atoms with Crippen LogP contribution in [0, 0.1) is 0 Å². The smallest absolute Gasteiger partial charge is 0.231 e. The summed E-state index contributed by atoms with van der Waals surface area (Å²) in [4.78, 5) is 17.8. The summed E-state index contributed by atoms with van der Waals surface area (Å²) in [5.74, 6) is 1.81. The summed E-state index contributed by atoms with van der Waals surface area (Å²) in [6.07, 6.45) is 6.94. The number of H-pyrrole nitrogens is 1. The van der Waals surface area contributed by atoms with Gasteiger partial charge in [0.25, 0.3) is 0 Å². The molecule has 2 saturated heterocycles. The van der Waals surface area contributed by atoms with E-state index < -0.39 is 7.14 Å². The predicted molar refractivity (Wildman–Crippen MR) is 165 cm³/mol. The van der Waals surface area contributed by atoms with E-state index in [0.29, 0.717) is 17.4 Å². The molecule has 2 aliphatic heterocycles. The Morgan fingerprint density at radius 3 is 2.48 bits per heavy atom. The van der Waals surface area contributed by atoms with Crippen molar-refractivity contribution in [3.05, 3.63) is 54.7 Å². The Kier molecular flexibility index (Phi) is 7.43. The molecule has 0 radical (unpaired) electrons. The molecule has 2 aliphatic rings. The Morgan fingerprint density at radius 2 is 1.73 bits per heavy atom. The molecule has 2 aromatic heterocycles. The maximum absolute atomic E-state index is 12.9. The number of ether oxygens (including phenoxy) is 1. The van der Waals surface area contributed by atoms with Crippen molar-refractivity contribution in [2.24, 2.45) is 0 Å². The number of likely N-dealkylation sites (tertiary alicyclic amines) is 1. The van der Waals surface area contributed by atoms with Gasteiger partial charge >= 0.3 is 0 Å². The second-order valence-corrected chi connectivity index (χ2v) is 14.3. The topological polar surface area (TPSA) is 98.4 Å². The molecule has 0 aliphatic carbocycles. The monoisotopic (exact) mass is 559 g/mol. The van der Waals surface area contributed by atoms with Crippen LogP contribution in [0.1, 0.15) is 25.7 Å². The molecule has 2 aromatic carbocycles. The Bertz CT molecular complexity index is 1530. The predicted octanol–water partition coefficient (Wildman–Crippen LogP) is 5.77. The lowest BCUT2D eigenvalue weighted by atomic mass is 10.0. The van der Waals surface area contributed by atoms with E-state index in [9.17, 15) is 4.57 Å². The Labute approximate surface area is 235 Å². The van der Waals surface area contributed by atoms with E-state index in [0.717, 1.165) is 46.9 Å². The zero-order valence-corrected chi connectivity index (χ0v) is 24.4. The van der Waals surface area contributed by atoms with Crippen LogP contribution in [0.2, 0.25) is 0 Å². The van der Waals surface area contributed by atoms with Gasteiger partial charge in [-0.25, -0.2) is 0 Å². The molecular weight excluding hydrogens is 521 g/mol. The summed E-state index contributed by atoms with van der Waals surface area (Å²) < 4.78 is 18.7. The molecule has 0 atom stereocenters. The molecule has 2 fully saturated rings. The van der Waals surface area contributed by atoms with E-state index in [4.69, 9.17) is 14.7 Å². The number of rotatable bonds is 8. The van der Waals surface area contributed by atoms with E-state index in [1.54, 1.807) is 20.4 Å². The molecule has 40 heavy (non-hydrogen) atoms. The summed E-state index contributed by atoms with van der Waals surface area (Å²) in [6, 6.07) is 16.6. The van der Waals surface area contributed by atoms with E-state index in [-0.39, 0.29) is 0 Å². The Morgan fingerprint density at radius 1 is 0.950 bits per heavy atom. The highest BCUT2D eigenvalue weighted by atomic mass is 31.2. The lowest BCUT2D eigenvalue weighted by Crippen LogP contribution is -2.43. The maximum Gasteiger partial charge on any atom is 0.231 e. The number of anilines is 5. The first-order chi connectivity index (χ1) is 19.4. The zero-order chi connectivity index (χ0) is 27.7. The van der Waals surface area contributed by atoms with Crippen molar-refractivity contribution >= 4 is 52.3 Å². The van der Waals surface area contributed by atoms with Gasteiger partial charge in [0.2, 0.25) is 5.95 Å².